The molecule has 28 heavy (non-hydrogen) atoms. The van der Waals surface area contributed by atoms with Gasteiger partial charge in [0, 0.05) is 6.42 Å². The number of carboxylic acids is 1. The van der Waals surface area contributed by atoms with E-state index in [9.17, 15) is 9.90 Å². The monoisotopic (exact) mass is 390 g/mol. The van der Waals surface area contributed by atoms with Crippen molar-refractivity contribution in [2.75, 3.05) is 0 Å². The van der Waals surface area contributed by atoms with Crippen molar-refractivity contribution in [3.05, 3.63) is 35.4 Å². The molecule has 0 aliphatic heterocycles. The highest BCUT2D eigenvalue weighted by Gasteiger charge is 2.00. The van der Waals surface area contributed by atoms with Gasteiger partial charge in [0.2, 0.25) is 0 Å². The first kappa shape index (κ1) is 24.7. The second-order valence-electron chi connectivity index (χ2n) is 8.12. The van der Waals surface area contributed by atoms with Gasteiger partial charge < -0.3 is 10.2 Å². The molecule has 0 amide bonds. The number of carboxylic acid groups (broad SMARTS) is 1. The molecule has 160 valence electrons. The highest BCUT2D eigenvalue weighted by Crippen LogP contribution is 2.16. The van der Waals surface area contributed by atoms with E-state index in [1.807, 2.05) is 12.1 Å². The smallest absolute Gasteiger partial charge is 0.303 e. The molecule has 0 saturated heterocycles. The lowest BCUT2D eigenvalue weighted by Crippen LogP contribution is -1.94. The van der Waals surface area contributed by atoms with Crippen LogP contribution in [0.3, 0.4) is 0 Å². The molecule has 0 spiro atoms. The Labute approximate surface area is 172 Å². The van der Waals surface area contributed by atoms with Crippen LogP contribution >= 0.6 is 0 Å². The SMILES string of the molecule is O=C(O)CCCCCCCCCCCCCCCCCc1ccccc1CO. The Morgan fingerprint density at radius 3 is 1.43 bits per heavy atom. The number of aliphatic hydroxyl groups is 1. The van der Waals surface area contributed by atoms with Crippen molar-refractivity contribution in [3.8, 4) is 0 Å². The fourth-order valence-corrected chi connectivity index (χ4v) is 3.85. The molecule has 2 N–H and O–H groups in total. The van der Waals surface area contributed by atoms with E-state index in [0.717, 1.165) is 24.8 Å². The second kappa shape index (κ2) is 17.7. The molecule has 0 bridgehead atoms. The Balaban J connectivity index is 1.78. The van der Waals surface area contributed by atoms with Gasteiger partial charge in [-0.3, -0.25) is 4.79 Å². The van der Waals surface area contributed by atoms with E-state index in [1.54, 1.807) is 0 Å². The third-order valence-electron chi connectivity index (χ3n) is 5.63. The molecule has 1 rings (SSSR count). The topological polar surface area (TPSA) is 57.5 Å². The summed E-state index contributed by atoms with van der Waals surface area (Å²) in [6.07, 6.45) is 20.5. The zero-order valence-corrected chi connectivity index (χ0v) is 17.8. The number of carbonyl (C=O) groups is 1. The molecule has 0 unspecified atom stereocenters. The average Bonchev–Trinajstić information content (AvgIpc) is 2.70. The highest BCUT2D eigenvalue weighted by atomic mass is 16.4. The molecule has 3 heteroatoms. The fourth-order valence-electron chi connectivity index (χ4n) is 3.85. The van der Waals surface area contributed by atoms with Crippen molar-refractivity contribution < 1.29 is 15.0 Å². The standard InChI is InChI=1S/C25H42O3/c26-22-24-20-17-16-19-23(24)18-14-12-10-8-6-4-2-1-3-5-7-9-11-13-15-21-25(27)28/h16-17,19-20,26H,1-15,18,21-22H2,(H,27,28). The van der Waals surface area contributed by atoms with E-state index in [2.05, 4.69) is 12.1 Å². The van der Waals surface area contributed by atoms with Crippen molar-refractivity contribution in [2.45, 2.75) is 116 Å². The maximum atomic E-state index is 10.4. The van der Waals surface area contributed by atoms with Gasteiger partial charge in [0.05, 0.1) is 6.61 Å². The average molecular weight is 391 g/mol. The van der Waals surface area contributed by atoms with Crippen molar-refractivity contribution in [1.29, 1.82) is 0 Å². The first-order chi connectivity index (χ1) is 13.7. The number of unbranched alkanes of at least 4 members (excludes halogenated alkanes) is 14. The number of benzene rings is 1. The molecule has 3 nitrogen and oxygen atoms in total. The van der Waals surface area contributed by atoms with Crippen LogP contribution in [0.4, 0.5) is 0 Å². The summed E-state index contributed by atoms with van der Waals surface area (Å²) >= 11 is 0. The van der Waals surface area contributed by atoms with Gasteiger partial charge in [-0.25, -0.2) is 0 Å². The zero-order valence-electron chi connectivity index (χ0n) is 17.8. The molecule has 1 aromatic carbocycles. The molecular formula is C25H42O3. The van der Waals surface area contributed by atoms with Gasteiger partial charge in [0.1, 0.15) is 0 Å². The lowest BCUT2D eigenvalue weighted by Gasteiger charge is -2.07. The maximum absolute atomic E-state index is 10.4. The van der Waals surface area contributed by atoms with Crippen LogP contribution in [0.25, 0.3) is 0 Å². The summed E-state index contributed by atoms with van der Waals surface area (Å²) in [6.45, 7) is 0.156. The quantitative estimate of drug-likeness (QED) is 0.249. The van der Waals surface area contributed by atoms with Crippen molar-refractivity contribution in [2.24, 2.45) is 0 Å². The summed E-state index contributed by atoms with van der Waals surface area (Å²) in [4.78, 5) is 10.4. The Morgan fingerprint density at radius 2 is 1.00 bits per heavy atom. The van der Waals surface area contributed by atoms with E-state index in [4.69, 9.17) is 5.11 Å². The minimum absolute atomic E-state index is 0.156. The van der Waals surface area contributed by atoms with Crippen LogP contribution in [-0.2, 0) is 17.8 Å². The van der Waals surface area contributed by atoms with E-state index in [0.29, 0.717) is 6.42 Å². The summed E-state index contributed by atoms with van der Waals surface area (Å²) < 4.78 is 0. The molecule has 0 aliphatic carbocycles. The van der Waals surface area contributed by atoms with Gasteiger partial charge in [-0.1, -0.05) is 108 Å². The molecule has 0 aromatic heterocycles. The van der Waals surface area contributed by atoms with Crippen LogP contribution in [0.1, 0.15) is 114 Å². The second-order valence-corrected chi connectivity index (χ2v) is 8.12. The summed E-state index contributed by atoms with van der Waals surface area (Å²) in [5, 5.41) is 17.9. The number of aliphatic hydroxyl groups excluding tert-OH is 1. The third-order valence-corrected chi connectivity index (χ3v) is 5.63. The number of rotatable bonds is 19. The molecule has 0 radical (unpaired) electrons. The Hall–Kier alpha value is -1.35. The van der Waals surface area contributed by atoms with Crippen LogP contribution < -0.4 is 0 Å². The van der Waals surface area contributed by atoms with Crippen molar-refractivity contribution >= 4 is 5.97 Å². The summed E-state index contributed by atoms with van der Waals surface area (Å²) in [5.41, 5.74) is 2.39. The Bertz CT molecular complexity index is 498. The third kappa shape index (κ3) is 13.8. The number of hydrogen-bond acceptors (Lipinski definition) is 2. The Kier molecular flexibility index (Phi) is 15.6. The lowest BCUT2D eigenvalue weighted by molar-refractivity contribution is -0.137. The van der Waals surface area contributed by atoms with E-state index >= 15 is 0 Å². The van der Waals surface area contributed by atoms with Crippen LogP contribution in [0.2, 0.25) is 0 Å². The first-order valence-electron chi connectivity index (χ1n) is 11.6. The molecule has 1 aromatic rings. The molecule has 0 heterocycles. The first-order valence-corrected chi connectivity index (χ1v) is 11.6. The zero-order chi connectivity index (χ0) is 20.3. The number of aliphatic carboxylic acids is 1. The lowest BCUT2D eigenvalue weighted by atomic mass is 10.0. The fraction of sp³-hybridized carbons (Fsp3) is 0.720. The largest absolute Gasteiger partial charge is 0.481 e. The predicted octanol–water partition coefficient (Wildman–Crippen LogP) is 7.05. The number of aryl methyl sites for hydroxylation is 1. The van der Waals surface area contributed by atoms with Crippen LogP contribution in [0.5, 0.6) is 0 Å². The molecular weight excluding hydrogens is 348 g/mol. The van der Waals surface area contributed by atoms with E-state index < -0.39 is 5.97 Å². The maximum Gasteiger partial charge on any atom is 0.303 e. The van der Waals surface area contributed by atoms with Crippen molar-refractivity contribution in [3.63, 3.8) is 0 Å². The summed E-state index contributed by atoms with van der Waals surface area (Å²) in [7, 11) is 0. The van der Waals surface area contributed by atoms with Crippen LogP contribution in [-0.4, -0.2) is 16.2 Å². The normalized spacial score (nSPS) is 11.0. The molecule has 0 aliphatic rings. The van der Waals surface area contributed by atoms with Crippen LogP contribution in [0.15, 0.2) is 24.3 Å². The minimum Gasteiger partial charge on any atom is -0.481 e. The molecule has 0 atom stereocenters. The van der Waals surface area contributed by atoms with Gasteiger partial charge >= 0.3 is 5.97 Å². The molecule has 0 fully saturated rings. The molecule has 0 saturated carbocycles. The van der Waals surface area contributed by atoms with E-state index in [-0.39, 0.29) is 6.61 Å². The minimum atomic E-state index is -0.663. The van der Waals surface area contributed by atoms with Gasteiger partial charge in [-0.05, 0) is 30.4 Å². The van der Waals surface area contributed by atoms with Gasteiger partial charge in [0.25, 0.3) is 0 Å². The summed E-state index contributed by atoms with van der Waals surface area (Å²) in [5.74, 6) is -0.663. The Morgan fingerprint density at radius 1 is 0.607 bits per heavy atom. The van der Waals surface area contributed by atoms with E-state index in [1.165, 1.54) is 89.0 Å². The number of hydrogen-bond donors (Lipinski definition) is 2. The highest BCUT2D eigenvalue weighted by molar-refractivity contribution is 5.66. The van der Waals surface area contributed by atoms with Crippen LogP contribution in [0, 0.1) is 0 Å². The van der Waals surface area contributed by atoms with Gasteiger partial charge in [-0.15, -0.1) is 0 Å². The van der Waals surface area contributed by atoms with Gasteiger partial charge in [0.15, 0.2) is 0 Å². The predicted molar refractivity (Wildman–Crippen MR) is 118 cm³/mol. The van der Waals surface area contributed by atoms with Crippen molar-refractivity contribution in [1.82, 2.24) is 0 Å². The summed E-state index contributed by atoms with van der Waals surface area (Å²) in [6, 6.07) is 8.24. The van der Waals surface area contributed by atoms with Gasteiger partial charge in [-0.2, -0.15) is 0 Å².